The van der Waals surface area contributed by atoms with Crippen LogP contribution in [-0.2, 0) is 27.8 Å². The van der Waals surface area contributed by atoms with E-state index in [1.807, 2.05) is 56.0 Å². The summed E-state index contributed by atoms with van der Waals surface area (Å²) in [4.78, 5) is 44.2. The average molecular weight is 433 g/mol. The van der Waals surface area contributed by atoms with Crippen molar-refractivity contribution >= 4 is 23.4 Å². The first-order chi connectivity index (χ1) is 15.2. The fourth-order valence-corrected chi connectivity index (χ4v) is 5.30. The maximum atomic E-state index is 12.9. The van der Waals surface area contributed by atoms with Gasteiger partial charge in [-0.3, -0.25) is 19.4 Å². The van der Waals surface area contributed by atoms with E-state index < -0.39 is 5.41 Å². The smallest absolute Gasteiger partial charge is 0.269 e. The van der Waals surface area contributed by atoms with Crippen LogP contribution < -0.4 is 10.6 Å². The lowest BCUT2D eigenvalue weighted by molar-refractivity contribution is -0.131. The van der Waals surface area contributed by atoms with Crippen molar-refractivity contribution in [2.75, 3.05) is 18.4 Å². The van der Waals surface area contributed by atoms with Gasteiger partial charge in [-0.25, -0.2) is 0 Å². The standard InChI is InChI=1S/C25H28N4O3/c1-24(2,3)29-14-15(8-21(29)30)12-27-22(31)20-9-16-10-25(11-17(16)13-26-20)18-6-4-5-7-19(18)28-23(25)32/h4-7,9,13,15H,8,10-12,14H2,1-3H3,(H,27,31)(H,28,32). The van der Waals surface area contributed by atoms with Crippen molar-refractivity contribution < 1.29 is 14.4 Å². The molecule has 2 N–H and O–H groups in total. The molecule has 1 spiro atoms. The van der Waals surface area contributed by atoms with Crippen LogP contribution in [0.25, 0.3) is 0 Å². The minimum Gasteiger partial charge on any atom is -0.350 e. The number of para-hydroxylation sites is 1. The molecule has 1 aliphatic carbocycles. The Kier molecular flexibility index (Phi) is 4.62. The Bertz CT molecular complexity index is 1140. The molecular formula is C25H28N4O3. The summed E-state index contributed by atoms with van der Waals surface area (Å²) in [7, 11) is 0. The van der Waals surface area contributed by atoms with E-state index in [0.717, 1.165) is 22.4 Å². The Morgan fingerprint density at radius 3 is 2.72 bits per heavy atom. The molecule has 3 aliphatic rings. The molecule has 3 heterocycles. The fourth-order valence-electron chi connectivity index (χ4n) is 5.30. The first-order valence-electron chi connectivity index (χ1n) is 11.1. The molecule has 32 heavy (non-hydrogen) atoms. The van der Waals surface area contributed by atoms with Gasteiger partial charge in [-0.2, -0.15) is 0 Å². The van der Waals surface area contributed by atoms with Crippen molar-refractivity contribution in [3.05, 3.63) is 58.9 Å². The van der Waals surface area contributed by atoms with Gasteiger partial charge in [-0.05, 0) is 62.4 Å². The number of hydrogen-bond donors (Lipinski definition) is 2. The third-order valence-electron chi connectivity index (χ3n) is 6.99. The van der Waals surface area contributed by atoms with Crippen LogP contribution in [-0.4, -0.2) is 46.2 Å². The highest BCUT2D eigenvalue weighted by Crippen LogP contribution is 2.47. The highest BCUT2D eigenvalue weighted by molar-refractivity contribution is 6.07. The number of amides is 3. The lowest BCUT2D eigenvalue weighted by Gasteiger charge is -2.32. The normalized spacial score (nSPS) is 24.0. The van der Waals surface area contributed by atoms with Crippen molar-refractivity contribution in [3.8, 4) is 0 Å². The third-order valence-corrected chi connectivity index (χ3v) is 6.99. The molecule has 2 unspecified atom stereocenters. The summed E-state index contributed by atoms with van der Waals surface area (Å²) in [6.07, 6.45) is 3.33. The Hall–Kier alpha value is -3.22. The molecule has 0 bridgehead atoms. The largest absolute Gasteiger partial charge is 0.350 e. The molecule has 1 saturated heterocycles. The molecule has 2 aliphatic heterocycles. The molecule has 1 aromatic heterocycles. The molecule has 0 saturated carbocycles. The quantitative estimate of drug-likeness (QED) is 0.779. The minimum absolute atomic E-state index is 0.00945. The zero-order chi connectivity index (χ0) is 22.7. The van der Waals surface area contributed by atoms with E-state index in [1.165, 1.54) is 0 Å². The maximum absolute atomic E-state index is 12.9. The summed E-state index contributed by atoms with van der Waals surface area (Å²) >= 11 is 0. The zero-order valence-electron chi connectivity index (χ0n) is 18.7. The van der Waals surface area contributed by atoms with E-state index in [1.54, 1.807) is 6.20 Å². The second kappa shape index (κ2) is 7.15. The van der Waals surface area contributed by atoms with Gasteiger partial charge in [0.1, 0.15) is 5.69 Å². The van der Waals surface area contributed by atoms with Gasteiger partial charge in [0.2, 0.25) is 11.8 Å². The van der Waals surface area contributed by atoms with Gasteiger partial charge in [-0.15, -0.1) is 0 Å². The van der Waals surface area contributed by atoms with Gasteiger partial charge < -0.3 is 15.5 Å². The number of nitrogens with zero attached hydrogens (tertiary/aromatic N) is 2. The SMILES string of the molecule is CC(C)(C)N1CC(CNC(=O)c2cc3c(cn2)CC2(C3)C(=O)Nc3ccccc32)CC1=O. The number of nitrogens with one attached hydrogen (secondary N) is 2. The summed E-state index contributed by atoms with van der Waals surface area (Å²) in [6, 6.07) is 9.62. The molecule has 5 rings (SSSR count). The molecule has 1 aromatic carbocycles. The van der Waals surface area contributed by atoms with E-state index in [2.05, 4.69) is 15.6 Å². The average Bonchev–Trinajstić information content (AvgIpc) is 3.39. The number of benzene rings is 1. The Labute approximate surface area is 187 Å². The lowest BCUT2D eigenvalue weighted by Crippen LogP contribution is -2.42. The van der Waals surface area contributed by atoms with E-state index in [0.29, 0.717) is 38.0 Å². The predicted octanol–water partition coefficient (Wildman–Crippen LogP) is 2.45. The summed E-state index contributed by atoms with van der Waals surface area (Å²) < 4.78 is 0. The molecule has 7 nitrogen and oxygen atoms in total. The van der Waals surface area contributed by atoms with E-state index in [-0.39, 0.29) is 29.2 Å². The van der Waals surface area contributed by atoms with Crippen molar-refractivity contribution in [1.29, 1.82) is 0 Å². The van der Waals surface area contributed by atoms with Gasteiger partial charge >= 0.3 is 0 Å². The molecule has 3 amide bonds. The number of hydrogen-bond acceptors (Lipinski definition) is 4. The van der Waals surface area contributed by atoms with E-state index in [4.69, 9.17) is 0 Å². The number of likely N-dealkylation sites (tertiary alicyclic amines) is 1. The molecule has 1 fully saturated rings. The monoisotopic (exact) mass is 432 g/mol. The molecular weight excluding hydrogens is 404 g/mol. The number of aromatic nitrogens is 1. The van der Waals surface area contributed by atoms with Crippen LogP contribution in [0, 0.1) is 5.92 Å². The topological polar surface area (TPSA) is 91.4 Å². The number of rotatable bonds is 3. The maximum Gasteiger partial charge on any atom is 0.269 e. The van der Waals surface area contributed by atoms with Gasteiger partial charge in [0.15, 0.2) is 0 Å². The Balaban J connectivity index is 1.28. The summed E-state index contributed by atoms with van der Waals surface area (Å²) in [6.45, 7) is 7.16. The number of anilines is 1. The second-order valence-electron chi connectivity index (χ2n) is 10.2. The Morgan fingerprint density at radius 1 is 1.22 bits per heavy atom. The van der Waals surface area contributed by atoms with Gasteiger partial charge in [0.25, 0.3) is 5.91 Å². The van der Waals surface area contributed by atoms with Crippen LogP contribution in [0.2, 0.25) is 0 Å². The molecule has 7 heteroatoms. The van der Waals surface area contributed by atoms with Crippen LogP contribution in [0.5, 0.6) is 0 Å². The van der Waals surface area contributed by atoms with Crippen LogP contribution in [0.1, 0.15) is 54.4 Å². The van der Waals surface area contributed by atoms with Crippen molar-refractivity contribution in [2.24, 2.45) is 5.92 Å². The lowest BCUT2D eigenvalue weighted by atomic mass is 9.79. The Morgan fingerprint density at radius 2 is 1.97 bits per heavy atom. The highest BCUT2D eigenvalue weighted by atomic mass is 16.2. The zero-order valence-corrected chi connectivity index (χ0v) is 18.7. The number of pyridine rings is 1. The highest BCUT2D eigenvalue weighted by Gasteiger charge is 2.50. The van der Waals surface area contributed by atoms with Crippen LogP contribution in [0.3, 0.4) is 0 Å². The number of fused-ring (bicyclic) bond motifs is 3. The summed E-state index contributed by atoms with van der Waals surface area (Å²) in [5.41, 5.74) is 3.41. The fraction of sp³-hybridized carbons (Fsp3) is 0.440. The predicted molar refractivity (Wildman–Crippen MR) is 120 cm³/mol. The van der Waals surface area contributed by atoms with Crippen molar-refractivity contribution in [2.45, 2.75) is 51.0 Å². The molecule has 2 aromatic rings. The number of carbonyl (C=O) groups is 3. The van der Waals surface area contributed by atoms with Crippen LogP contribution in [0.4, 0.5) is 5.69 Å². The number of carbonyl (C=O) groups excluding carboxylic acids is 3. The van der Waals surface area contributed by atoms with Crippen LogP contribution in [0.15, 0.2) is 36.5 Å². The van der Waals surface area contributed by atoms with Crippen LogP contribution >= 0.6 is 0 Å². The van der Waals surface area contributed by atoms with Gasteiger partial charge in [0, 0.05) is 42.9 Å². The third kappa shape index (κ3) is 3.27. The summed E-state index contributed by atoms with van der Waals surface area (Å²) in [5, 5.41) is 5.95. The van der Waals surface area contributed by atoms with Gasteiger partial charge in [-0.1, -0.05) is 18.2 Å². The molecule has 0 radical (unpaired) electrons. The first kappa shape index (κ1) is 20.7. The minimum atomic E-state index is -0.615. The second-order valence-corrected chi connectivity index (χ2v) is 10.2. The van der Waals surface area contributed by atoms with Crippen molar-refractivity contribution in [1.82, 2.24) is 15.2 Å². The van der Waals surface area contributed by atoms with E-state index >= 15 is 0 Å². The summed E-state index contributed by atoms with van der Waals surface area (Å²) in [5.74, 6) is -0.00299. The van der Waals surface area contributed by atoms with Crippen molar-refractivity contribution in [3.63, 3.8) is 0 Å². The van der Waals surface area contributed by atoms with Gasteiger partial charge in [0.05, 0.1) is 5.41 Å². The molecule has 166 valence electrons. The van der Waals surface area contributed by atoms with E-state index in [9.17, 15) is 14.4 Å². The first-order valence-corrected chi connectivity index (χ1v) is 11.1. The molecule has 2 atom stereocenters.